The fraction of sp³-hybridized carbons (Fsp3) is 0.154. The lowest BCUT2D eigenvalue weighted by molar-refractivity contribution is 0.975. The van der Waals surface area contributed by atoms with Crippen LogP contribution in [-0.4, -0.2) is 4.57 Å². The second kappa shape index (κ2) is 4.82. The summed E-state index contributed by atoms with van der Waals surface area (Å²) in [6, 6.07) is 11.4. The van der Waals surface area contributed by atoms with E-state index in [-0.39, 0.29) is 5.56 Å². The lowest BCUT2D eigenvalue weighted by Crippen LogP contribution is -2.16. The molecule has 0 fully saturated rings. The molecule has 0 N–H and O–H groups in total. The largest absolute Gasteiger partial charge is 0.284 e. The van der Waals surface area contributed by atoms with Crippen LogP contribution in [0.4, 0.5) is 0 Å². The van der Waals surface area contributed by atoms with Gasteiger partial charge >= 0.3 is 0 Å². The van der Waals surface area contributed by atoms with Crippen molar-refractivity contribution in [2.24, 2.45) is 0 Å². The van der Waals surface area contributed by atoms with E-state index in [4.69, 9.17) is 0 Å². The molecule has 0 saturated carbocycles. The number of halogens is 1. The molecule has 0 aliphatic carbocycles. The summed E-state index contributed by atoms with van der Waals surface area (Å²) < 4.78 is 2.59. The summed E-state index contributed by atoms with van der Waals surface area (Å²) in [5, 5.41) is 0. The molecule has 2 nitrogen and oxygen atoms in total. The number of aromatic nitrogens is 1. The Hall–Kier alpha value is -1.10. The summed E-state index contributed by atoms with van der Waals surface area (Å²) in [6.45, 7) is 2.06. The molecule has 0 amide bonds. The van der Waals surface area contributed by atoms with E-state index in [1.807, 2.05) is 24.4 Å². The van der Waals surface area contributed by atoms with Crippen LogP contribution in [0, 0.1) is 6.92 Å². The average Bonchev–Trinajstić information content (AvgIpc) is 2.30. The summed E-state index contributed by atoms with van der Waals surface area (Å²) in [5.74, 6) is 0. The van der Waals surface area contributed by atoms with E-state index in [1.165, 1.54) is 11.1 Å². The maximum Gasteiger partial charge on any atom is 0.255 e. The van der Waals surface area contributed by atoms with Crippen molar-refractivity contribution in [1.29, 1.82) is 0 Å². The zero-order valence-corrected chi connectivity index (χ0v) is 11.1. The predicted octanol–water partition coefficient (Wildman–Crippen LogP) is 3.08. The fourth-order valence-electron chi connectivity index (χ4n) is 1.68. The maximum absolute atomic E-state index is 11.7. The minimum atomic E-state index is 0.0115. The number of aryl methyl sites for hydroxylation is 1. The Balaban J connectivity index is 2.65. The van der Waals surface area contributed by atoms with Crippen LogP contribution >= 0.6 is 22.6 Å². The maximum atomic E-state index is 11.7. The zero-order chi connectivity index (χ0) is 11.5. The third-order valence-corrected chi connectivity index (χ3v) is 3.28. The van der Waals surface area contributed by atoms with Gasteiger partial charge in [0.25, 0.3) is 5.56 Å². The van der Waals surface area contributed by atoms with Gasteiger partial charge in [-0.1, -0.05) is 46.4 Å². The number of hydrogen-bond donors (Lipinski definition) is 0. The van der Waals surface area contributed by atoms with Crippen molar-refractivity contribution >= 4 is 22.6 Å². The Labute approximate surface area is 108 Å². The topological polar surface area (TPSA) is 22.0 Å². The first-order valence-electron chi connectivity index (χ1n) is 5.06. The normalized spacial score (nSPS) is 10.4. The number of benzene rings is 1. The highest BCUT2D eigenvalue weighted by molar-refractivity contribution is 14.1. The number of rotatable bonds is 2. The van der Waals surface area contributed by atoms with E-state index in [2.05, 4.69) is 35.6 Å². The average molecular weight is 325 g/mol. The number of pyridine rings is 1. The number of nitrogens with zero attached hydrogens (tertiary/aromatic N) is 1. The van der Waals surface area contributed by atoms with Crippen molar-refractivity contribution in [2.45, 2.75) is 11.4 Å². The summed E-state index contributed by atoms with van der Waals surface area (Å²) in [6.07, 6.45) is 1.81. The van der Waals surface area contributed by atoms with Gasteiger partial charge < -0.3 is 0 Å². The smallest absolute Gasteiger partial charge is 0.255 e. The van der Waals surface area contributed by atoms with Crippen LogP contribution in [0.2, 0.25) is 0 Å². The lowest BCUT2D eigenvalue weighted by atomic mass is 10.1. The van der Waals surface area contributed by atoms with Crippen molar-refractivity contribution in [2.75, 3.05) is 0 Å². The molecule has 1 aromatic heterocycles. The molecule has 0 spiro atoms. The van der Waals surface area contributed by atoms with Gasteiger partial charge in [0.05, 0.1) is 5.69 Å². The minimum Gasteiger partial charge on any atom is -0.284 e. The van der Waals surface area contributed by atoms with Gasteiger partial charge in [0.2, 0.25) is 0 Å². The van der Waals surface area contributed by atoms with E-state index >= 15 is 0 Å². The number of alkyl halides is 1. The lowest BCUT2D eigenvalue weighted by Gasteiger charge is -2.10. The second-order valence-corrected chi connectivity index (χ2v) is 4.44. The quantitative estimate of drug-likeness (QED) is 0.614. The highest BCUT2D eigenvalue weighted by Gasteiger charge is 2.04. The molecule has 0 unspecified atom stereocenters. The molecular formula is C13H12INO. The standard InChI is InChI=1S/C13H12INO/c1-10-5-6-12(11(8-10)9-14)15-7-3-2-4-13(15)16/h2-8H,9H2,1H3. The van der Waals surface area contributed by atoms with Crippen LogP contribution in [0.5, 0.6) is 0 Å². The highest BCUT2D eigenvalue weighted by Crippen LogP contribution is 2.17. The van der Waals surface area contributed by atoms with Gasteiger partial charge in [-0.3, -0.25) is 9.36 Å². The van der Waals surface area contributed by atoms with Crippen LogP contribution in [0.1, 0.15) is 11.1 Å². The van der Waals surface area contributed by atoms with Crippen molar-refractivity contribution in [1.82, 2.24) is 4.57 Å². The van der Waals surface area contributed by atoms with Crippen LogP contribution in [0.3, 0.4) is 0 Å². The Morgan fingerprint density at radius 3 is 2.75 bits per heavy atom. The van der Waals surface area contributed by atoms with Crippen molar-refractivity contribution in [3.05, 3.63) is 64.1 Å². The van der Waals surface area contributed by atoms with Gasteiger partial charge in [0.15, 0.2) is 0 Å². The molecule has 1 aromatic carbocycles. The van der Waals surface area contributed by atoms with E-state index in [1.54, 1.807) is 16.7 Å². The van der Waals surface area contributed by atoms with Gasteiger partial charge in [0, 0.05) is 16.7 Å². The molecule has 0 radical (unpaired) electrons. The van der Waals surface area contributed by atoms with Gasteiger partial charge in [-0.2, -0.15) is 0 Å². The van der Waals surface area contributed by atoms with Gasteiger partial charge in [0.1, 0.15) is 0 Å². The van der Waals surface area contributed by atoms with Gasteiger partial charge in [-0.25, -0.2) is 0 Å². The zero-order valence-electron chi connectivity index (χ0n) is 8.98. The van der Waals surface area contributed by atoms with Crippen molar-refractivity contribution < 1.29 is 0 Å². The molecule has 2 rings (SSSR count). The van der Waals surface area contributed by atoms with Crippen molar-refractivity contribution in [3.63, 3.8) is 0 Å². The first-order valence-corrected chi connectivity index (χ1v) is 6.58. The summed E-state index contributed by atoms with van der Waals surface area (Å²) >= 11 is 2.32. The molecule has 0 aliphatic heterocycles. The SMILES string of the molecule is Cc1ccc(-n2ccccc2=O)c(CI)c1. The molecule has 16 heavy (non-hydrogen) atoms. The highest BCUT2D eigenvalue weighted by atomic mass is 127. The van der Waals surface area contributed by atoms with Crippen LogP contribution in [-0.2, 0) is 4.43 Å². The molecule has 0 atom stereocenters. The molecular weight excluding hydrogens is 313 g/mol. The van der Waals surface area contributed by atoms with Crippen LogP contribution in [0.25, 0.3) is 5.69 Å². The molecule has 0 bridgehead atoms. The van der Waals surface area contributed by atoms with Crippen LogP contribution in [0.15, 0.2) is 47.4 Å². The monoisotopic (exact) mass is 325 g/mol. The third-order valence-electron chi connectivity index (χ3n) is 2.46. The van der Waals surface area contributed by atoms with Gasteiger partial charge in [-0.15, -0.1) is 0 Å². The summed E-state index contributed by atoms with van der Waals surface area (Å²) in [7, 11) is 0. The minimum absolute atomic E-state index is 0.0115. The second-order valence-electron chi connectivity index (χ2n) is 3.67. The number of hydrogen-bond acceptors (Lipinski definition) is 1. The molecule has 0 saturated heterocycles. The van der Waals surface area contributed by atoms with E-state index in [0.717, 1.165) is 10.1 Å². The first kappa shape index (κ1) is 11.4. The molecule has 2 aromatic rings. The van der Waals surface area contributed by atoms with E-state index in [9.17, 15) is 4.79 Å². The Bertz CT molecular complexity index is 560. The molecule has 82 valence electrons. The van der Waals surface area contributed by atoms with Gasteiger partial charge in [-0.05, 0) is 24.6 Å². The third kappa shape index (κ3) is 2.19. The van der Waals surface area contributed by atoms with Crippen LogP contribution < -0.4 is 5.56 Å². The summed E-state index contributed by atoms with van der Waals surface area (Å²) in [5.41, 5.74) is 3.40. The fourth-order valence-corrected chi connectivity index (χ4v) is 2.29. The molecule has 0 aliphatic rings. The van der Waals surface area contributed by atoms with E-state index in [0.29, 0.717) is 0 Å². The van der Waals surface area contributed by atoms with E-state index < -0.39 is 0 Å². The Morgan fingerprint density at radius 2 is 2.06 bits per heavy atom. The summed E-state index contributed by atoms with van der Waals surface area (Å²) in [4.78, 5) is 11.7. The Morgan fingerprint density at radius 1 is 1.25 bits per heavy atom. The molecule has 3 heteroatoms. The molecule has 1 heterocycles. The Kier molecular flexibility index (Phi) is 3.43. The first-order chi connectivity index (χ1) is 7.72. The van der Waals surface area contributed by atoms with Crippen molar-refractivity contribution in [3.8, 4) is 5.69 Å². The predicted molar refractivity (Wildman–Crippen MR) is 74.5 cm³/mol.